The first-order valence-electron chi connectivity index (χ1n) is 6.79. The van der Waals surface area contributed by atoms with Crippen LogP contribution in [-0.2, 0) is 0 Å². The summed E-state index contributed by atoms with van der Waals surface area (Å²) in [4.78, 5) is 2.22. The van der Waals surface area contributed by atoms with E-state index < -0.39 is 0 Å². The number of benzene rings is 1. The SMILES string of the molecule is CCOc1ccc(C(CSCCN(C)C)NC)cc1. The maximum absolute atomic E-state index is 5.47. The van der Waals surface area contributed by atoms with E-state index in [1.807, 2.05) is 37.9 Å². The summed E-state index contributed by atoms with van der Waals surface area (Å²) in [6, 6.07) is 8.81. The highest BCUT2D eigenvalue weighted by molar-refractivity contribution is 7.99. The first-order chi connectivity index (χ1) is 9.17. The fourth-order valence-electron chi connectivity index (χ4n) is 1.76. The van der Waals surface area contributed by atoms with Gasteiger partial charge in [0.2, 0.25) is 0 Å². The van der Waals surface area contributed by atoms with Gasteiger partial charge in [-0.1, -0.05) is 12.1 Å². The highest BCUT2D eigenvalue weighted by Gasteiger charge is 2.09. The van der Waals surface area contributed by atoms with Crippen molar-refractivity contribution in [3.8, 4) is 5.75 Å². The highest BCUT2D eigenvalue weighted by atomic mass is 32.2. The molecule has 1 aromatic carbocycles. The van der Waals surface area contributed by atoms with E-state index in [4.69, 9.17) is 4.74 Å². The lowest BCUT2D eigenvalue weighted by Gasteiger charge is -2.17. The monoisotopic (exact) mass is 282 g/mol. The van der Waals surface area contributed by atoms with Crippen LogP contribution in [0.1, 0.15) is 18.5 Å². The second-order valence-electron chi connectivity index (χ2n) is 4.72. The molecule has 1 unspecified atom stereocenters. The minimum atomic E-state index is 0.405. The van der Waals surface area contributed by atoms with Crippen LogP contribution in [0.15, 0.2) is 24.3 Å². The van der Waals surface area contributed by atoms with E-state index in [9.17, 15) is 0 Å². The molecule has 0 bridgehead atoms. The predicted molar refractivity (Wildman–Crippen MR) is 85.3 cm³/mol. The zero-order chi connectivity index (χ0) is 14.1. The third-order valence-electron chi connectivity index (χ3n) is 2.91. The number of nitrogens with zero attached hydrogens (tertiary/aromatic N) is 1. The Balaban J connectivity index is 2.45. The van der Waals surface area contributed by atoms with Gasteiger partial charge in [0.05, 0.1) is 6.61 Å². The Morgan fingerprint density at radius 2 is 1.95 bits per heavy atom. The second-order valence-corrected chi connectivity index (χ2v) is 5.87. The quantitative estimate of drug-likeness (QED) is 0.704. The van der Waals surface area contributed by atoms with Crippen LogP contribution < -0.4 is 10.1 Å². The van der Waals surface area contributed by atoms with Crippen LogP contribution in [0.5, 0.6) is 5.75 Å². The van der Waals surface area contributed by atoms with E-state index in [1.54, 1.807) is 0 Å². The zero-order valence-electron chi connectivity index (χ0n) is 12.5. The van der Waals surface area contributed by atoms with Crippen molar-refractivity contribution in [3.05, 3.63) is 29.8 Å². The minimum absolute atomic E-state index is 0.405. The van der Waals surface area contributed by atoms with Crippen LogP contribution in [0.3, 0.4) is 0 Å². The zero-order valence-corrected chi connectivity index (χ0v) is 13.3. The minimum Gasteiger partial charge on any atom is -0.494 e. The lowest BCUT2D eigenvalue weighted by molar-refractivity contribution is 0.340. The first-order valence-corrected chi connectivity index (χ1v) is 7.95. The average molecular weight is 282 g/mol. The molecule has 0 aliphatic rings. The number of rotatable bonds is 9. The molecule has 0 aliphatic heterocycles. The molecule has 19 heavy (non-hydrogen) atoms. The summed E-state index contributed by atoms with van der Waals surface area (Å²) in [5.41, 5.74) is 1.32. The molecule has 0 radical (unpaired) electrons. The largest absolute Gasteiger partial charge is 0.494 e. The van der Waals surface area contributed by atoms with Gasteiger partial charge in [0, 0.05) is 24.1 Å². The van der Waals surface area contributed by atoms with E-state index in [1.165, 1.54) is 11.3 Å². The number of hydrogen-bond donors (Lipinski definition) is 1. The van der Waals surface area contributed by atoms with Crippen LogP contribution >= 0.6 is 11.8 Å². The van der Waals surface area contributed by atoms with Gasteiger partial charge in [-0.05, 0) is 45.8 Å². The molecule has 3 nitrogen and oxygen atoms in total. The third-order valence-corrected chi connectivity index (χ3v) is 3.95. The topological polar surface area (TPSA) is 24.5 Å². The molecule has 0 fully saturated rings. The Bertz CT molecular complexity index is 341. The van der Waals surface area contributed by atoms with Crippen molar-refractivity contribution in [2.24, 2.45) is 0 Å². The van der Waals surface area contributed by atoms with Crippen molar-refractivity contribution in [1.82, 2.24) is 10.2 Å². The normalized spacial score (nSPS) is 12.7. The molecule has 1 rings (SSSR count). The molecular formula is C15H26N2OS. The molecule has 0 spiro atoms. The molecule has 108 valence electrons. The summed E-state index contributed by atoms with van der Waals surface area (Å²) < 4.78 is 5.47. The molecule has 1 aromatic rings. The first kappa shape index (κ1) is 16.3. The molecule has 0 amide bonds. The van der Waals surface area contributed by atoms with E-state index in [2.05, 4.69) is 36.4 Å². The lowest BCUT2D eigenvalue weighted by Crippen LogP contribution is -2.20. The molecule has 4 heteroatoms. The standard InChI is InChI=1S/C15H26N2OS/c1-5-18-14-8-6-13(7-9-14)15(16-2)12-19-11-10-17(3)4/h6-9,15-16H,5,10-12H2,1-4H3. The predicted octanol–water partition coefficient (Wildman–Crippen LogP) is 2.64. The van der Waals surface area contributed by atoms with Gasteiger partial charge in [-0.3, -0.25) is 0 Å². The molecular weight excluding hydrogens is 256 g/mol. The van der Waals surface area contributed by atoms with Crippen molar-refractivity contribution >= 4 is 11.8 Å². The number of ether oxygens (including phenoxy) is 1. The van der Waals surface area contributed by atoms with Gasteiger partial charge >= 0.3 is 0 Å². The van der Waals surface area contributed by atoms with Crippen LogP contribution in [0.25, 0.3) is 0 Å². The Labute approximate surface area is 121 Å². The number of hydrogen-bond acceptors (Lipinski definition) is 4. The second kappa shape index (κ2) is 9.23. The van der Waals surface area contributed by atoms with E-state index in [-0.39, 0.29) is 0 Å². The Hall–Kier alpha value is -0.710. The molecule has 0 aliphatic carbocycles. The fourth-order valence-corrected chi connectivity index (χ4v) is 3.01. The maximum atomic E-state index is 5.47. The van der Waals surface area contributed by atoms with E-state index in [0.29, 0.717) is 6.04 Å². The smallest absolute Gasteiger partial charge is 0.119 e. The van der Waals surface area contributed by atoms with Crippen molar-refractivity contribution < 1.29 is 4.74 Å². The number of nitrogens with one attached hydrogen (secondary N) is 1. The maximum Gasteiger partial charge on any atom is 0.119 e. The molecule has 0 saturated heterocycles. The Morgan fingerprint density at radius 3 is 2.47 bits per heavy atom. The van der Waals surface area contributed by atoms with Crippen molar-refractivity contribution in [3.63, 3.8) is 0 Å². The van der Waals surface area contributed by atoms with Crippen LogP contribution in [-0.4, -0.2) is 50.7 Å². The van der Waals surface area contributed by atoms with Gasteiger partial charge in [0.25, 0.3) is 0 Å². The van der Waals surface area contributed by atoms with Crippen LogP contribution in [0, 0.1) is 0 Å². The van der Waals surface area contributed by atoms with Gasteiger partial charge in [0.1, 0.15) is 5.75 Å². The van der Waals surface area contributed by atoms with E-state index in [0.717, 1.165) is 24.7 Å². The Morgan fingerprint density at radius 1 is 1.26 bits per heavy atom. The highest BCUT2D eigenvalue weighted by Crippen LogP contribution is 2.21. The van der Waals surface area contributed by atoms with Crippen molar-refractivity contribution in [1.29, 1.82) is 0 Å². The van der Waals surface area contributed by atoms with Crippen molar-refractivity contribution in [2.45, 2.75) is 13.0 Å². The summed E-state index contributed by atoms with van der Waals surface area (Å²) in [6.45, 7) is 3.85. The third kappa shape index (κ3) is 6.32. The average Bonchev–Trinajstić information content (AvgIpc) is 2.40. The molecule has 1 atom stereocenters. The summed E-state index contributed by atoms with van der Waals surface area (Å²) in [6.07, 6.45) is 0. The van der Waals surface area contributed by atoms with Crippen LogP contribution in [0.2, 0.25) is 0 Å². The van der Waals surface area contributed by atoms with Crippen molar-refractivity contribution in [2.75, 3.05) is 45.8 Å². The molecule has 1 N–H and O–H groups in total. The number of thioether (sulfide) groups is 1. The lowest BCUT2D eigenvalue weighted by atomic mass is 10.1. The Kier molecular flexibility index (Phi) is 7.94. The molecule has 0 saturated carbocycles. The van der Waals surface area contributed by atoms with E-state index >= 15 is 0 Å². The van der Waals surface area contributed by atoms with Gasteiger partial charge in [-0.2, -0.15) is 11.8 Å². The summed E-state index contributed by atoms with van der Waals surface area (Å²) in [7, 11) is 6.25. The summed E-state index contributed by atoms with van der Waals surface area (Å²) in [5, 5.41) is 3.38. The molecule has 0 heterocycles. The summed E-state index contributed by atoms with van der Waals surface area (Å²) >= 11 is 1.99. The fraction of sp³-hybridized carbons (Fsp3) is 0.600. The van der Waals surface area contributed by atoms with Gasteiger partial charge in [0.15, 0.2) is 0 Å². The molecule has 0 aromatic heterocycles. The summed E-state index contributed by atoms with van der Waals surface area (Å²) in [5.74, 6) is 3.21. The van der Waals surface area contributed by atoms with Crippen LogP contribution in [0.4, 0.5) is 0 Å². The van der Waals surface area contributed by atoms with Gasteiger partial charge < -0.3 is 15.0 Å². The van der Waals surface area contributed by atoms with Gasteiger partial charge in [-0.25, -0.2) is 0 Å². The van der Waals surface area contributed by atoms with Gasteiger partial charge in [-0.15, -0.1) is 0 Å².